The van der Waals surface area contributed by atoms with Gasteiger partial charge in [0.1, 0.15) is 0 Å². The summed E-state index contributed by atoms with van der Waals surface area (Å²) < 4.78 is 2.09. The summed E-state index contributed by atoms with van der Waals surface area (Å²) in [7, 11) is 1.84. The second-order valence-electron chi connectivity index (χ2n) is 4.32. The monoisotopic (exact) mass is 401 g/mol. The van der Waals surface area contributed by atoms with Crippen LogP contribution in [0.5, 0.6) is 0 Å². The molecule has 2 aromatic rings. The van der Waals surface area contributed by atoms with Crippen LogP contribution < -0.4 is 0 Å². The maximum Gasteiger partial charge on any atom is 0.227 e. The van der Waals surface area contributed by atoms with Crippen LogP contribution >= 0.6 is 43.2 Å². The molecule has 1 aromatic carbocycles. The lowest BCUT2D eigenvalue weighted by Crippen LogP contribution is -2.27. The quantitative estimate of drug-likeness (QED) is 0.738. The van der Waals surface area contributed by atoms with Gasteiger partial charge in [-0.2, -0.15) is 0 Å². The maximum absolute atomic E-state index is 12.1. The summed E-state index contributed by atoms with van der Waals surface area (Å²) in [4.78, 5) is 13.9. The van der Waals surface area contributed by atoms with Crippen molar-refractivity contribution in [2.75, 3.05) is 7.05 Å². The lowest BCUT2D eigenvalue weighted by atomic mass is 10.1. The standard InChI is InChI=1S/C14H13Br2NOS/c1-17(8-11-6-13(16)19-9-11)14(18)7-10-3-2-4-12(15)5-10/h2-6,9H,7-8H2,1H3. The van der Waals surface area contributed by atoms with Gasteiger partial charge in [0.05, 0.1) is 10.2 Å². The molecule has 0 saturated carbocycles. The molecule has 0 unspecified atom stereocenters. The first-order valence-corrected chi connectivity index (χ1v) is 8.22. The third kappa shape index (κ3) is 4.44. The molecule has 1 amide bonds. The molecule has 5 heteroatoms. The summed E-state index contributed by atoms with van der Waals surface area (Å²) >= 11 is 8.48. The van der Waals surface area contributed by atoms with Crippen molar-refractivity contribution in [3.05, 3.63) is 55.1 Å². The van der Waals surface area contributed by atoms with Crippen molar-refractivity contribution in [1.82, 2.24) is 4.90 Å². The number of likely N-dealkylation sites (N-methyl/N-ethyl adjacent to an activating group) is 1. The second kappa shape index (κ2) is 6.68. The highest BCUT2D eigenvalue weighted by molar-refractivity contribution is 9.11. The van der Waals surface area contributed by atoms with Gasteiger partial charge in [0.25, 0.3) is 0 Å². The van der Waals surface area contributed by atoms with E-state index < -0.39 is 0 Å². The first kappa shape index (κ1) is 14.8. The first-order chi connectivity index (χ1) is 9.04. The molecule has 0 spiro atoms. The van der Waals surface area contributed by atoms with Crippen molar-refractivity contribution in [1.29, 1.82) is 0 Å². The minimum atomic E-state index is 0.125. The van der Waals surface area contributed by atoms with Gasteiger partial charge in [-0.15, -0.1) is 11.3 Å². The van der Waals surface area contributed by atoms with E-state index in [9.17, 15) is 4.79 Å². The van der Waals surface area contributed by atoms with Gasteiger partial charge in [-0.1, -0.05) is 28.1 Å². The highest BCUT2D eigenvalue weighted by atomic mass is 79.9. The van der Waals surface area contributed by atoms with Crippen molar-refractivity contribution in [3.8, 4) is 0 Å². The number of nitrogens with zero attached hydrogens (tertiary/aromatic N) is 1. The van der Waals surface area contributed by atoms with E-state index in [2.05, 4.69) is 37.2 Å². The molecule has 0 bridgehead atoms. The molecule has 0 fully saturated rings. The number of hydrogen-bond donors (Lipinski definition) is 0. The van der Waals surface area contributed by atoms with E-state index in [0.717, 1.165) is 19.4 Å². The van der Waals surface area contributed by atoms with Crippen LogP contribution in [-0.2, 0) is 17.8 Å². The van der Waals surface area contributed by atoms with E-state index in [4.69, 9.17) is 0 Å². The summed E-state index contributed by atoms with van der Waals surface area (Å²) in [5.41, 5.74) is 2.18. The van der Waals surface area contributed by atoms with E-state index in [1.54, 1.807) is 16.2 Å². The van der Waals surface area contributed by atoms with Crippen LogP contribution in [0.1, 0.15) is 11.1 Å². The van der Waals surface area contributed by atoms with Crippen LogP contribution in [0, 0.1) is 0 Å². The number of amides is 1. The molecule has 2 nitrogen and oxygen atoms in total. The zero-order chi connectivity index (χ0) is 13.8. The second-order valence-corrected chi connectivity index (χ2v) is 7.52. The van der Waals surface area contributed by atoms with Crippen LogP contribution in [0.15, 0.2) is 44.0 Å². The van der Waals surface area contributed by atoms with Gasteiger partial charge in [-0.3, -0.25) is 4.79 Å². The maximum atomic E-state index is 12.1. The minimum absolute atomic E-state index is 0.125. The molecule has 2 rings (SSSR count). The van der Waals surface area contributed by atoms with Gasteiger partial charge in [0, 0.05) is 18.1 Å². The summed E-state index contributed by atoms with van der Waals surface area (Å²) in [5.74, 6) is 0.125. The number of benzene rings is 1. The molecule has 0 radical (unpaired) electrons. The Hall–Kier alpha value is -0.650. The predicted octanol–water partition coefficient (Wildman–Crippen LogP) is 4.47. The average Bonchev–Trinajstić information content (AvgIpc) is 2.74. The number of hydrogen-bond acceptors (Lipinski definition) is 2. The minimum Gasteiger partial charge on any atom is -0.341 e. The third-order valence-corrected chi connectivity index (χ3v) is 4.76. The summed E-state index contributed by atoms with van der Waals surface area (Å²) in [5, 5.41) is 2.06. The molecule has 1 heterocycles. The largest absolute Gasteiger partial charge is 0.341 e. The molecule has 0 aliphatic rings. The van der Waals surface area contributed by atoms with Gasteiger partial charge < -0.3 is 4.90 Å². The summed E-state index contributed by atoms with van der Waals surface area (Å²) in [6, 6.07) is 9.90. The van der Waals surface area contributed by atoms with Crippen LogP contribution in [-0.4, -0.2) is 17.9 Å². The fourth-order valence-corrected chi connectivity index (χ4v) is 3.39. The molecule has 0 aliphatic carbocycles. The van der Waals surface area contributed by atoms with Crippen LogP contribution in [0.25, 0.3) is 0 Å². The molecule has 100 valence electrons. The van der Waals surface area contributed by atoms with Crippen LogP contribution in [0.2, 0.25) is 0 Å². The van der Waals surface area contributed by atoms with Crippen molar-refractivity contribution in [3.63, 3.8) is 0 Å². The predicted molar refractivity (Wildman–Crippen MR) is 86.3 cm³/mol. The number of rotatable bonds is 4. The fourth-order valence-electron chi connectivity index (χ4n) is 1.75. The van der Waals surface area contributed by atoms with Gasteiger partial charge in [-0.25, -0.2) is 0 Å². The molecule has 1 aromatic heterocycles. The van der Waals surface area contributed by atoms with Crippen molar-refractivity contribution in [2.45, 2.75) is 13.0 Å². The van der Waals surface area contributed by atoms with E-state index >= 15 is 0 Å². The number of thiophene rings is 1. The zero-order valence-electron chi connectivity index (χ0n) is 10.4. The molecular formula is C14H13Br2NOS. The van der Waals surface area contributed by atoms with E-state index in [0.29, 0.717) is 13.0 Å². The SMILES string of the molecule is CN(Cc1csc(Br)c1)C(=O)Cc1cccc(Br)c1. The number of halogens is 2. The lowest BCUT2D eigenvalue weighted by molar-refractivity contribution is -0.129. The van der Waals surface area contributed by atoms with Crippen molar-refractivity contribution < 1.29 is 4.79 Å². The van der Waals surface area contributed by atoms with E-state index in [-0.39, 0.29) is 5.91 Å². The van der Waals surface area contributed by atoms with Crippen LogP contribution in [0.3, 0.4) is 0 Å². The highest BCUT2D eigenvalue weighted by Crippen LogP contribution is 2.21. The normalized spacial score (nSPS) is 10.5. The number of carbonyl (C=O) groups is 1. The van der Waals surface area contributed by atoms with Gasteiger partial charge >= 0.3 is 0 Å². The Labute approximate surface area is 133 Å². The average molecular weight is 403 g/mol. The lowest BCUT2D eigenvalue weighted by Gasteiger charge is -2.16. The van der Waals surface area contributed by atoms with Gasteiger partial charge in [-0.05, 0) is 50.6 Å². The molecule has 0 N–H and O–H groups in total. The molecular weight excluding hydrogens is 390 g/mol. The van der Waals surface area contributed by atoms with E-state index in [1.807, 2.05) is 37.4 Å². The Kier molecular flexibility index (Phi) is 5.19. The highest BCUT2D eigenvalue weighted by Gasteiger charge is 2.11. The third-order valence-electron chi connectivity index (χ3n) is 2.71. The van der Waals surface area contributed by atoms with Crippen molar-refractivity contribution in [2.24, 2.45) is 0 Å². The Morgan fingerprint density at radius 2 is 2.05 bits per heavy atom. The smallest absolute Gasteiger partial charge is 0.227 e. The van der Waals surface area contributed by atoms with Gasteiger partial charge in [0.15, 0.2) is 0 Å². The fraction of sp³-hybridized carbons (Fsp3) is 0.214. The summed E-state index contributed by atoms with van der Waals surface area (Å²) in [6.07, 6.45) is 0.432. The summed E-state index contributed by atoms with van der Waals surface area (Å²) in [6.45, 7) is 0.648. The molecule has 19 heavy (non-hydrogen) atoms. The van der Waals surface area contributed by atoms with Crippen LogP contribution in [0.4, 0.5) is 0 Å². The van der Waals surface area contributed by atoms with Gasteiger partial charge in [0.2, 0.25) is 5.91 Å². The van der Waals surface area contributed by atoms with E-state index in [1.165, 1.54) is 0 Å². The van der Waals surface area contributed by atoms with Crippen molar-refractivity contribution >= 4 is 49.1 Å². The molecule has 0 atom stereocenters. The number of carbonyl (C=O) groups excluding carboxylic acids is 1. The Balaban J connectivity index is 1.96. The molecule has 0 saturated heterocycles. The first-order valence-electron chi connectivity index (χ1n) is 5.76. The Bertz CT molecular complexity index is 582. The Morgan fingerprint density at radius 3 is 2.68 bits per heavy atom. The molecule has 0 aliphatic heterocycles. The topological polar surface area (TPSA) is 20.3 Å². The Morgan fingerprint density at radius 1 is 1.26 bits per heavy atom. The zero-order valence-corrected chi connectivity index (χ0v) is 14.4.